The Morgan fingerprint density at radius 1 is 1.29 bits per heavy atom. The molecule has 0 bridgehead atoms. The lowest BCUT2D eigenvalue weighted by atomic mass is 9.84. The number of methoxy groups -OCH3 is 1. The highest BCUT2D eigenvalue weighted by Gasteiger charge is 2.32. The molecule has 1 aliphatic heterocycles. The second-order valence-corrected chi connectivity index (χ2v) is 8.32. The minimum atomic E-state index is -0.0726. The zero-order valence-corrected chi connectivity index (χ0v) is 17.0. The maximum Gasteiger partial charge on any atom is 0.246 e. The van der Waals surface area contributed by atoms with Gasteiger partial charge < -0.3 is 9.64 Å². The number of aromatic nitrogens is 1. The van der Waals surface area contributed by atoms with Crippen molar-refractivity contribution in [2.45, 2.75) is 12.5 Å². The van der Waals surface area contributed by atoms with E-state index in [1.165, 1.54) is 23.0 Å². The molecule has 6 heteroatoms. The number of hydrogen-bond acceptors (Lipinski definition) is 4. The highest BCUT2D eigenvalue weighted by Crippen LogP contribution is 2.43. The molecule has 0 radical (unpaired) electrons. The Hall–Kier alpha value is -2.63. The summed E-state index contributed by atoms with van der Waals surface area (Å²) in [4.78, 5) is 19.6. The molecule has 4 nitrogen and oxygen atoms in total. The number of hydrogen-bond donors (Lipinski definition) is 0. The third-order valence-electron chi connectivity index (χ3n) is 5.00. The Morgan fingerprint density at radius 3 is 2.86 bits per heavy atom. The second-order valence-electron chi connectivity index (χ2n) is 6.55. The van der Waals surface area contributed by atoms with Crippen molar-refractivity contribution in [1.29, 1.82) is 0 Å². The van der Waals surface area contributed by atoms with Crippen molar-refractivity contribution in [1.82, 2.24) is 9.88 Å². The molecule has 142 valence electrons. The third-order valence-corrected chi connectivity index (χ3v) is 6.27. The smallest absolute Gasteiger partial charge is 0.246 e. The summed E-state index contributed by atoms with van der Waals surface area (Å²) in [5, 5.41) is 0. The first kappa shape index (κ1) is 18.7. The number of rotatable bonds is 4. The largest absolute Gasteiger partial charge is 0.481 e. The molecule has 0 saturated heterocycles. The summed E-state index contributed by atoms with van der Waals surface area (Å²) in [6.07, 6.45) is 3.08. The van der Waals surface area contributed by atoms with Gasteiger partial charge in [-0.3, -0.25) is 4.79 Å². The van der Waals surface area contributed by atoms with Crippen molar-refractivity contribution < 1.29 is 9.53 Å². The Labute approximate surface area is 173 Å². The fourth-order valence-electron chi connectivity index (χ4n) is 3.75. The average molecular weight is 411 g/mol. The first-order valence-electron chi connectivity index (χ1n) is 8.90. The first-order chi connectivity index (χ1) is 13.6. The zero-order valence-electron chi connectivity index (χ0n) is 15.4. The molecular weight excluding hydrogens is 392 g/mol. The molecule has 4 rings (SSSR count). The minimum Gasteiger partial charge on any atom is -0.481 e. The van der Waals surface area contributed by atoms with Crippen LogP contribution in [0.25, 0.3) is 11.1 Å². The molecule has 0 saturated carbocycles. The SMILES string of the molecule is C=CC(=O)N1Cc2sc(Cl)cc2[C@@H](c2ccccc2-c2cccnc2OC)C1. The molecule has 2 aromatic heterocycles. The summed E-state index contributed by atoms with van der Waals surface area (Å²) in [5.74, 6) is 0.516. The number of fused-ring (bicyclic) bond motifs is 1. The molecule has 0 unspecified atom stereocenters. The number of carbonyl (C=O) groups excluding carboxylic acids is 1. The van der Waals surface area contributed by atoms with Crippen molar-refractivity contribution in [3.05, 3.63) is 81.7 Å². The van der Waals surface area contributed by atoms with Crippen molar-refractivity contribution in [3.8, 4) is 17.0 Å². The summed E-state index contributed by atoms with van der Waals surface area (Å²) in [6.45, 7) is 4.78. The molecule has 3 heterocycles. The van der Waals surface area contributed by atoms with E-state index in [9.17, 15) is 4.79 Å². The molecule has 1 aliphatic rings. The minimum absolute atomic E-state index is 0.0116. The van der Waals surface area contributed by atoms with E-state index >= 15 is 0 Å². The average Bonchev–Trinajstić information content (AvgIpc) is 3.12. The van der Waals surface area contributed by atoms with E-state index in [4.69, 9.17) is 16.3 Å². The number of benzene rings is 1. The highest BCUT2D eigenvalue weighted by molar-refractivity contribution is 7.16. The summed E-state index contributed by atoms with van der Waals surface area (Å²) < 4.78 is 6.22. The molecule has 1 amide bonds. The highest BCUT2D eigenvalue weighted by atomic mass is 35.5. The molecule has 0 spiro atoms. The van der Waals surface area contributed by atoms with Gasteiger partial charge >= 0.3 is 0 Å². The Bertz CT molecular complexity index is 1050. The predicted molar refractivity (Wildman–Crippen MR) is 113 cm³/mol. The lowest BCUT2D eigenvalue weighted by Gasteiger charge is -2.33. The van der Waals surface area contributed by atoms with E-state index in [2.05, 4.69) is 23.7 Å². The van der Waals surface area contributed by atoms with Crippen molar-refractivity contribution in [2.75, 3.05) is 13.7 Å². The maximum absolute atomic E-state index is 12.4. The number of halogens is 1. The fourth-order valence-corrected chi connectivity index (χ4v) is 5.11. The van der Waals surface area contributed by atoms with E-state index in [1.807, 2.05) is 35.2 Å². The Balaban J connectivity index is 1.87. The zero-order chi connectivity index (χ0) is 19.7. The van der Waals surface area contributed by atoms with Gasteiger partial charge in [-0.1, -0.05) is 42.4 Å². The summed E-state index contributed by atoms with van der Waals surface area (Å²) in [6, 6.07) is 14.1. The number of pyridine rings is 1. The van der Waals surface area contributed by atoms with Gasteiger partial charge in [0.1, 0.15) is 0 Å². The van der Waals surface area contributed by atoms with Gasteiger partial charge in [0.15, 0.2) is 0 Å². The van der Waals surface area contributed by atoms with Gasteiger partial charge in [0.05, 0.1) is 18.0 Å². The van der Waals surface area contributed by atoms with Crippen LogP contribution >= 0.6 is 22.9 Å². The van der Waals surface area contributed by atoms with E-state index in [-0.39, 0.29) is 11.8 Å². The lowest BCUT2D eigenvalue weighted by Crippen LogP contribution is -2.37. The van der Waals surface area contributed by atoms with Crippen LogP contribution in [0, 0.1) is 0 Å². The lowest BCUT2D eigenvalue weighted by molar-refractivity contribution is -0.127. The van der Waals surface area contributed by atoms with Gasteiger partial charge in [0, 0.05) is 29.1 Å². The normalized spacial score (nSPS) is 15.8. The fraction of sp³-hybridized carbons (Fsp3) is 0.182. The monoisotopic (exact) mass is 410 g/mol. The second kappa shape index (κ2) is 7.78. The molecule has 0 N–H and O–H groups in total. The van der Waals surface area contributed by atoms with E-state index < -0.39 is 0 Å². The van der Waals surface area contributed by atoms with Crippen molar-refractivity contribution in [3.63, 3.8) is 0 Å². The van der Waals surface area contributed by atoms with Gasteiger partial charge in [-0.05, 0) is 41.0 Å². The first-order valence-corrected chi connectivity index (χ1v) is 10.1. The van der Waals surface area contributed by atoms with Gasteiger partial charge in [0.25, 0.3) is 0 Å². The van der Waals surface area contributed by atoms with Crippen molar-refractivity contribution in [2.24, 2.45) is 0 Å². The Morgan fingerprint density at radius 2 is 2.07 bits per heavy atom. The quantitative estimate of drug-likeness (QED) is 0.560. The maximum atomic E-state index is 12.4. The molecule has 0 aliphatic carbocycles. The van der Waals surface area contributed by atoms with Crippen LogP contribution < -0.4 is 4.74 Å². The van der Waals surface area contributed by atoms with Crippen LogP contribution in [-0.4, -0.2) is 29.4 Å². The van der Waals surface area contributed by atoms with Gasteiger partial charge in [-0.25, -0.2) is 4.98 Å². The predicted octanol–water partition coefficient (Wildman–Crippen LogP) is 5.13. The molecule has 1 aromatic carbocycles. The summed E-state index contributed by atoms with van der Waals surface area (Å²) in [7, 11) is 1.62. The van der Waals surface area contributed by atoms with Crippen LogP contribution in [0.15, 0.2) is 61.3 Å². The molecular formula is C22H19ClN2O2S. The summed E-state index contributed by atoms with van der Waals surface area (Å²) >= 11 is 7.86. The molecule has 0 fully saturated rings. The number of nitrogens with zero attached hydrogens (tertiary/aromatic N) is 2. The van der Waals surface area contributed by atoms with E-state index in [1.54, 1.807) is 13.3 Å². The van der Waals surface area contributed by atoms with E-state index in [0.717, 1.165) is 25.9 Å². The van der Waals surface area contributed by atoms with E-state index in [0.29, 0.717) is 19.0 Å². The molecule has 1 atom stereocenters. The number of carbonyl (C=O) groups is 1. The van der Waals surface area contributed by atoms with Crippen molar-refractivity contribution >= 4 is 28.8 Å². The van der Waals surface area contributed by atoms with Gasteiger partial charge in [-0.2, -0.15) is 0 Å². The van der Waals surface area contributed by atoms with Crippen LogP contribution in [0.5, 0.6) is 5.88 Å². The number of ether oxygens (including phenoxy) is 1. The van der Waals surface area contributed by atoms with Crippen LogP contribution in [0.4, 0.5) is 0 Å². The number of thiophene rings is 1. The van der Waals surface area contributed by atoms with Crippen LogP contribution in [0.2, 0.25) is 4.34 Å². The number of amides is 1. The van der Waals surface area contributed by atoms with Crippen LogP contribution in [0.3, 0.4) is 0 Å². The summed E-state index contributed by atoms with van der Waals surface area (Å²) in [5.41, 5.74) is 4.26. The van der Waals surface area contributed by atoms with Gasteiger partial charge in [0.2, 0.25) is 11.8 Å². The molecule has 28 heavy (non-hydrogen) atoms. The van der Waals surface area contributed by atoms with Gasteiger partial charge in [-0.15, -0.1) is 11.3 Å². The Kier molecular flexibility index (Phi) is 5.20. The molecule has 3 aromatic rings. The van der Waals surface area contributed by atoms with Crippen LogP contribution in [0.1, 0.15) is 21.9 Å². The topological polar surface area (TPSA) is 42.4 Å². The standard InChI is InChI=1S/C22H19ClN2O2S/c1-3-21(26)25-12-18(17-11-20(23)28-19(17)13-25)15-8-5-4-7-14(15)16-9-6-10-24-22(16)27-2/h3-11,18H,1,12-13H2,2H3/t18-/m1/s1. The van der Waals surface area contributed by atoms with Crippen LogP contribution in [-0.2, 0) is 11.3 Å². The third kappa shape index (κ3) is 3.32.